The van der Waals surface area contributed by atoms with Crippen LogP contribution in [0.5, 0.6) is 5.75 Å². The van der Waals surface area contributed by atoms with Crippen LogP contribution in [0.1, 0.15) is 29.0 Å². The van der Waals surface area contributed by atoms with Crippen molar-refractivity contribution in [2.24, 2.45) is 0 Å². The molecule has 8 nitrogen and oxygen atoms in total. The quantitative estimate of drug-likeness (QED) is 0.391. The number of hydrogen-bond acceptors (Lipinski definition) is 7. The summed E-state index contributed by atoms with van der Waals surface area (Å²) < 4.78 is 17.4. The van der Waals surface area contributed by atoms with E-state index < -0.39 is 23.8 Å². The number of benzene rings is 1. The van der Waals surface area contributed by atoms with Crippen molar-refractivity contribution in [3.05, 3.63) is 45.4 Å². The number of carboxylic acids is 1. The molecule has 0 spiro atoms. The van der Waals surface area contributed by atoms with E-state index in [1.165, 1.54) is 16.2 Å². The number of thiophene rings is 1. The van der Waals surface area contributed by atoms with Gasteiger partial charge in [-0.1, -0.05) is 23.7 Å². The number of ether oxygens (including phenoxy) is 1. The predicted octanol–water partition coefficient (Wildman–Crippen LogP) is 3.53. The largest absolute Gasteiger partial charge is 0.616 e. The first kappa shape index (κ1) is 23.1. The zero-order chi connectivity index (χ0) is 24.0. The number of rotatable bonds is 6. The number of likely N-dealkylation sites (tertiary alicyclic amines) is 1. The van der Waals surface area contributed by atoms with Crippen LogP contribution in [0.4, 0.5) is 0 Å². The molecule has 176 valence electrons. The van der Waals surface area contributed by atoms with E-state index >= 15 is 0 Å². The number of pyridine rings is 1. The van der Waals surface area contributed by atoms with Gasteiger partial charge in [0, 0.05) is 30.2 Å². The number of fused-ring (bicyclic) bond motifs is 3. The number of carbonyl (C=O) groups is 3. The van der Waals surface area contributed by atoms with Gasteiger partial charge in [-0.3, -0.25) is 14.5 Å². The van der Waals surface area contributed by atoms with Crippen molar-refractivity contribution in [2.75, 3.05) is 12.4 Å². The third-order valence-electron chi connectivity index (χ3n) is 5.87. The molecule has 11 heteroatoms. The SMILES string of the molecule is O=C(O)COc1ccc(-c2c(Cl)c(CN3C(=O)CCC3=O)nc3sc4c(c23)CC[S+]([O-])C4)cc1. The third kappa shape index (κ3) is 4.26. The van der Waals surface area contributed by atoms with Gasteiger partial charge in [0.25, 0.3) is 0 Å². The first-order valence-corrected chi connectivity index (χ1v) is 13.3. The number of aryl methyl sites for hydroxylation is 1. The molecule has 1 aromatic carbocycles. The normalized spacial score (nSPS) is 17.9. The Hall–Kier alpha value is -2.66. The average molecular weight is 519 g/mol. The first-order chi connectivity index (χ1) is 16.3. The molecular formula is C23H19ClN2O6S2. The van der Waals surface area contributed by atoms with E-state index in [0.717, 1.165) is 31.8 Å². The van der Waals surface area contributed by atoms with Crippen LogP contribution in [-0.2, 0) is 44.3 Å². The third-order valence-corrected chi connectivity index (χ3v) is 8.86. The van der Waals surface area contributed by atoms with Crippen LogP contribution in [0, 0.1) is 0 Å². The molecule has 5 rings (SSSR count). The summed E-state index contributed by atoms with van der Waals surface area (Å²) in [6, 6.07) is 6.92. The minimum absolute atomic E-state index is 0.00621. The van der Waals surface area contributed by atoms with Crippen molar-refractivity contribution < 1.29 is 28.8 Å². The lowest BCUT2D eigenvalue weighted by Crippen LogP contribution is -2.29. The highest BCUT2D eigenvalue weighted by Gasteiger charge is 2.32. The van der Waals surface area contributed by atoms with Gasteiger partial charge in [0.1, 0.15) is 22.1 Å². The summed E-state index contributed by atoms with van der Waals surface area (Å²) in [5.74, 6) is -0.121. The Balaban J connectivity index is 1.63. The minimum Gasteiger partial charge on any atom is -0.616 e. The first-order valence-electron chi connectivity index (χ1n) is 10.6. The van der Waals surface area contributed by atoms with Crippen molar-refractivity contribution in [1.82, 2.24) is 9.88 Å². The molecular weight excluding hydrogens is 500 g/mol. The van der Waals surface area contributed by atoms with Gasteiger partial charge in [0.05, 0.1) is 22.1 Å². The molecule has 1 fully saturated rings. The van der Waals surface area contributed by atoms with E-state index in [-0.39, 0.29) is 31.2 Å². The summed E-state index contributed by atoms with van der Waals surface area (Å²) >= 11 is 7.43. The van der Waals surface area contributed by atoms with E-state index in [2.05, 4.69) is 0 Å². The number of amides is 2. The van der Waals surface area contributed by atoms with E-state index in [0.29, 0.717) is 34.4 Å². The van der Waals surface area contributed by atoms with E-state index in [9.17, 15) is 18.9 Å². The summed E-state index contributed by atoms with van der Waals surface area (Å²) in [6.45, 7) is -0.454. The van der Waals surface area contributed by atoms with Crippen molar-refractivity contribution in [1.29, 1.82) is 0 Å². The molecule has 1 N–H and O–H groups in total. The maximum Gasteiger partial charge on any atom is 0.341 e. The lowest BCUT2D eigenvalue weighted by atomic mass is 9.97. The van der Waals surface area contributed by atoms with Crippen LogP contribution >= 0.6 is 22.9 Å². The highest BCUT2D eigenvalue weighted by Crippen LogP contribution is 2.45. The van der Waals surface area contributed by atoms with E-state index in [1.54, 1.807) is 24.3 Å². The van der Waals surface area contributed by atoms with Gasteiger partial charge in [0.15, 0.2) is 6.61 Å². The molecule has 0 radical (unpaired) electrons. The van der Waals surface area contributed by atoms with Crippen molar-refractivity contribution >= 4 is 62.1 Å². The molecule has 2 aliphatic rings. The average Bonchev–Trinajstić information content (AvgIpc) is 3.32. The molecule has 0 aliphatic carbocycles. The van der Waals surface area contributed by atoms with Crippen molar-refractivity contribution in [3.8, 4) is 16.9 Å². The Morgan fingerprint density at radius 3 is 2.59 bits per heavy atom. The van der Waals surface area contributed by atoms with Gasteiger partial charge in [-0.05, 0) is 34.4 Å². The fraction of sp³-hybridized carbons (Fsp3) is 0.304. The molecule has 1 saturated heterocycles. The Morgan fingerprint density at radius 1 is 1.21 bits per heavy atom. The zero-order valence-corrected chi connectivity index (χ0v) is 20.2. The lowest BCUT2D eigenvalue weighted by molar-refractivity contribution is -0.140. The predicted molar refractivity (Wildman–Crippen MR) is 128 cm³/mol. The molecule has 3 aromatic rings. The molecule has 1 atom stereocenters. The fourth-order valence-electron chi connectivity index (χ4n) is 4.26. The van der Waals surface area contributed by atoms with Crippen LogP contribution in [0.2, 0.25) is 5.02 Å². The number of hydrogen-bond donors (Lipinski definition) is 1. The highest BCUT2D eigenvalue weighted by molar-refractivity contribution is 7.90. The van der Waals surface area contributed by atoms with Gasteiger partial charge in [-0.25, -0.2) is 9.78 Å². The van der Waals surface area contributed by atoms with E-state index in [1.807, 2.05) is 0 Å². The maximum atomic E-state index is 12.2. The second-order valence-corrected chi connectivity index (χ2v) is 11.1. The number of imide groups is 1. The topological polar surface area (TPSA) is 120 Å². The number of carbonyl (C=O) groups excluding carboxylic acids is 2. The van der Waals surface area contributed by atoms with Crippen molar-refractivity contribution in [3.63, 3.8) is 0 Å². The Labute approximate surface area is 206 Å². The molecule has 2 aromatic heterocycles. The summed E-state index contributed by atoms with van der Waals surface area (Å²) in [6.07, 6.45) is 1.01. The van der Waals surface area contributed by atoms with Crippen LogP contribution in [-0.4, -0.2) is 49.7 Å². The fourth-order valence-corrected chi connectivity index (χ4v) is 7.29. The van der Waals surface area contributed by atoms with Crippen LogP contribution in [0.3, 0.4) is 0 Å². The molecule has 4 heterocycles. The summed E-state index contributed by atoms with van der Waals surface area (Å²) in [5.41, 5.74) is 3.01. The Morgan fingerprint density at radius 2 is 1.91 bits per heavy atom. The number of aromatic nitrogens is 1. The number of nitrogens with zero attached hydrogens (tertiary/aromatic N) is 2. The van der Waals surface area contributed by atoms with Gasteiger partial charge in [0.2, 0.25) is 11.8 Å². The molecule has 0 saturated carbocycles. The molecule has 1 unspecified atom stereocenters. The Bertz CT molecular complexity index is 1310. The summed E-state index contributed by atoms with van der Waals surface area (Å²) in [5, 5.41) is 10.1. The molecule has 34 heavy (non-hydrogen) atoms. The van der Waals surface area contributed by atoms with Crippen LogP contribution < -0.4 is 4.74 Å². The summed E-state index contributed by atoms with van der Waals surface area (Å²) in [7, 11) is 0. The maximum absolute atomic E-state index is 12.2. The number of carboxylic acid groups (broad SMARTS) is 1. The number of aliphatic carboxylic acids is 1. The van der Waals surface area contributed by atoms with Crippen LogP contribution in [0.25, 0.3) is 21.3 Å². The van der Waals surface area contributed by atoms with Crippen molar-refractivity contribution in [2.45, 2.75) is 31.6 Å². The van der Waals surface area contributed by atoms with Gasteiger partial charge >= 0.3 is 5.97 Å². The van der Waals surface area contributed by atoms with Gasteiger partial charge < -0.3 is 14.4 Å². The second kappa shape index (κ2) is 9.18. The standard InChI is InChI=1S/C23H19ClN2O6S2/c24-22-15(9-26-17(27)5-6-18(26)28)25-23-21(14-7-8-34(31)11-16(14)33-23)20(22)12-1-3-13(4-2-12)32-10-19(29)30/h1-4H,5-11H2,(H,29,30). The lowest BCUT2D eigenvalue weighted by Gasteiger charge is -2.19. The second-order valence-electron chi connectivity index (χ2n) is 8.05. The minimum atomic E-state index is -1.07. The van der Waals surface area contributed by atoms with Crippen LogP contribution in [0.15, 0.2) is 24.3 Å². The molecule has 0 bridgehead atoms. The Kier molecular flexibility index (Phi) is 6.24. The highest BCUT2D eigenvalue weighted by atomic mass is 35.5. The number of halogens is 1. The monoisotopic (exact) mass is 518 g/mol. The van der Waals surface area contributed by atoms with Gasteiger partial charge in [-0.2, -0.15) is 0 Å². The smallest absolute Gasteiger partial charge is 0.341 e. The van der Waals surface area contributed by atoms with E-state index in [4.69, 9.17) is 26.4 Å². The zero-order valence-electron chi connectivity index (χ0n) is 17.8. The molecule has 2 amide bonds. The molecule has 2 aliphatic heterocycles. The van der Waals surface area contributed by atoms with Gasteiger partial charge in [-0.15, -0.1) is 11.3 Å². The summed E-state index contributed by atoms with van der Waals surface area (Å²) in [4.78, 5) is 42.9.